The summed E-state index contributed by atoms with van der Waals surface area (Å²) in [4.78, 5) is 7.02. The zero-order valence-corrected chi connectivity index (χ0v) is 13.8. The fourth-order valence-corrected chi connectivity index (χ4v) is 2.87. The Morgan fingerprint density at radius 1 is 1.30 bits per heavy atom. The second-order valence-electron chi connectivity index (χ2n) is 7.45. The van der Waals surface area contributed by atoms with Gasteiger partial charge in [0.1, 0.15) is 0 Å². The van der Waals surface area contributed by atoms with Crippen LogP contribution in [0.2, 0.25) is 0 Å². The SMILES string of the molecule is Cc1ccc(N2CC(C(C)(C)C)NCC2C(C)C)cn1. The highest BCUT2D eigenvalue weighted by Gasteiger charge is 2.35. The summed E-state index contributed by atoms with van der Waals surface area (Å²) < 4.78 is 0. The lowest BCUT2D eigenvalue weighted by atomic mass is 9.83. The molecule has 1 N–H and O–H groups in total. The summed E-state index contributed by atoms with van der Waals surface area (Å²) in [5.74, 6) is 0.629. The topological polar surface area (TPSA) is 28.2 Å². The van der Waals surface area contributed by atoms with Crippen LogP contribution in [0.3, 0.4) is 0 Å². The summed E-state index contributed by atoms with van der Waals surface area (Å²) in [6, 6.07) is 5.38. The molecule has 2 heterocycles. The highest BCUT2D eigenvalue weighted by atomic mass is 15.2. The van der Waals surface area contributed by atoms with Crippen LogP contribution in [0.1, 0.15) is 40.3 Å². The highest BCUT2D eigenvalue weighted by Crippen LogP contribution is 2.29. The maximum Gasteiger partial charge on any atom is 0.0556 e. The number of nitrogens with zero attached hydrogens (tertiary/aromatic N) is 2. The first-order valence-corrected chi connectivity index (χ1v) is 7.71. The molecule has 0 radical (unpaired) electrons. The second-order valence-corrected chi connectivity index (χ2v) is 7.45. The third-order valence-electron chi connectivity index (χ3n) is 4.40. The van der Waals surface area contributed by atoms with E-state index in [2.05, 4.69) is 62.0 Å². The number of anilines is 1. The number of aryl methyl sites for hydroxylation is 1. The van der Waals surface area contributed by atoms with E-state index in [-0.39, 0.29) is 5.41 Å². The molecule has 1 aliphatic rings. The molecular weight excluding hydrogens is 246 g/mol. The van der Waals surface area contributed by atoms with Crippen LogP contribution in [-0.4, -0.2) is 30.2 Å². The van der Waals surface area contributed by atoms with Crippen molar-refractivity contribution in [3.05, 3.63) is 24.0 Å². The van der Waals surface area contributed by atoms with Crippen LogP contribution >= 0.6 is 0 Å². The van der Waals surface area contributed by atoms with Crippen molar-refractivity contribution in [2.75, 3.05) is 18.0 Å². The first-order chi connectivity index (χ1) is 9.29. The molecule has 1 fully saturated rings. The molecule has 112 valence electrons. The summed E-state index contributed by atoms with van der Waals surface area (Å²) in [6.07, 6.45) is 2.02. The number of piperazine rings is 1. The highest BCUT2D eigenvalue weighted by molar-refractivity contribution is 5.47. The Labute approximate surface area is 123 Å². The van der Waals surface area contributed by atoms with E-state index < -0.39 is 0 Å². The molecule has 2 rings (SSSR count). The van der Waals surface area contributed by atoms with Gasteiger partial charge in [0.15, 0.2) is 0 Å². The molecule has 0 spiro atoms. The predicted octanol–water partition coefficient (Wildman–Crippen LogP) is 3.24. The maximum absolute atomic E-state index is 4.47. The average molecular weight is 275 g/mol. The summed E-state index contributed by atoms with van der Waals surface area (Å²) in [5.41, 5.74) is 2.61. The fraction of sp³-hybridized carbons (Fsp3) is 0.706. The number of pyridine rings is 1. The minimum absolute atomic E-state index is 0.276. The van der Waals surface area contributed by atoms with Gasteiger partial charge in [-0.2, -0.15) is 0 Å². The van der Waals surface area contributed by atoms with Crippen LogP contribution in [0.25, 0.3) is 0 Å². The first-order valence-electron chi connectivity index (χ1n) is 7.71. The van der Waals surface area contributed by atoms with Gasteiger partial charge in [-0.15, -0.1) is 0 Å². The lowest BCUT2D eigenvalue weighted by molar-refractivity contribution is 0.221. The van der Waals surface area contributed by atoms with Crippen molar-refractivity contribution in [2.45, 2.75) is 53.6 Å². The molecule has 0 aliphatic carbocycles. The lowest BCUT2D eigenvalue weighted by Crippen LogP contribution is -2.62. The third kappa shape index (κ3) is 3.32. The van der Waals surface area contributed by atoms with Crippen LogP contribution in [0.15, 0.2) is 18.3 Å². The summed E-state index contributed by atoms with van der Waals surface area (Å²) in [5, 5.41) is 3.74. The Balaban J connectivity index is 2.25. The van der Waals surface area contributed by atoms with E-state index >= 15 is 0 Å². The van der Waals surface area contributed by atoms with E-state index in [0.717, 1.165) is 18.8 Å². The molecule has 0 saturated carbocycles. The molecule has 2 atom stereocenters. The van der Waals surface area contributed by atoms with Gasteiger partial charge in [-0.25, -0.2) is 0 Å². The Morgan fingerprint density at radius 2 is 2.00 bits per heavy atom. The first kappa shape index (κ1) is 15.3. The molecule has 0 aromatic carbocycles. The van der Waals surface area contributed by atoms with Crippen LogP contribution in [-0.2, 0) is 0 Å². The van der Waals surface area contributed by atoms with Crippen molar-refractivity contribution >= 4 is 5.69 Å². The van der Waals surface area contributed by atoms with Gasteiger partial charge in [-0.3, -0.25) is 4.98 Å². The summed E-state index contributed by atoms with van der Waals surface area (Å²) in [7, 11) is 0. The van der Waals surface area contributed by atoms with E-state index in [1.54, 1.807) is 0 Å². The number of aromatic nitrogens is 1. The number of rotatable bonds is 2. The monoisotopic (exact) mass is 275 g/mol. The fourth-order valence-electron chi connectivity index (χ4n) is 2.87. The van der Waals surface area contributed by atoms with Gasteiger partial charge in [0.2, 0.25) is 0 Å². The van der Waals surface area contributed by atoms with E-state index in [4.69, 9.17) is 0 Å². The summed E-state index contributed by atoms with van der Waals surface area (Å²) >= 11 is 0. The van der Waals surface area contributed by atoms with Gasteiger partial charge >= 0.3 is 0 Å². The van der Waals surface area contributed by atoms with Crippen molar-refractivity contribution in [3.63, 3.8) is 0 Å². The molecule has 1 aliphatic heterocycles. The van der Waals surface area contributed by atoms with Crippen molar-refractivity contribution in [1.82, 2.24) is 10.3 Å². The van der Waals surface area contributed by atoms with Crippen LogP contribution in [0.4, 0.5) is 5.69 Å². The molecule has 0 bridgehead atoms. The molecular formula is C17H29N3. The minimum Gasteiger partial charge on any atom is -0.364 e. The molecule has 3 heteroatoms. The van der Waals surface area contributed by atoms with E-state index in [0.29, 0.717) is 18.0 Å². The van der Waals surface area contributed by atoms with Gasteiger partial charge in [0.25, 0.3) is 0 Å². The zero-order valence-electron chi connectivity index (χ0n) is 13.8. The molecule has 2 unspecified atom stereocenters. The Hall–Kier alpha value is -1.09. The van der Waals surface area contributed by atoms with Crippen molar-refractivity contribution in [3.8, 4) is 0 Å². The van der Waals surface area contributed by atoms with Crippen molar-refractivity contribution in [1.29, 1.82) is 0 Å². The zero-order chi connectivity index (χ0) is 14.9. The molecule has 1 aromatic heterocycles. The average Bonchev–Trinajstić information content (AvgIpc) is 2.37. The lowest BCUT2D eigenvalue weighted by Gasteiger charge is -2.47. The number of hydrogen-bond donors (Lipinski definition) is 1. The minimum atomic E-state index is 0.276. The second kappa shape index (κ2) is 5.72. The van der Waals surface area contributed by atoms with Gasteiger partial charge in [-0.1, -0.05) is 34.6 Å². The van der Waals surface area contributed by atoms with Gasteiger partial charge in [0, 0.05) is 30.9 Å². The maximum atomic E-state index is 4.47. The van der Waals surface area contributed by atoms with Crippen molar-refractivity contribution in [2.24, 2.45) is 11.3 Å². The van der Waals surface area contributed by atoms with E-state index in [1.807, 2.05) is 13.1 Å². The Bertz CT molecular complexity index is 431. The van der Waals surface area contributed by atoms with Crippen LogP contribution in [0, 0.1) is 18.3 Å². The number of hydrogen-bond acceptors (Lipinski definition) is 3. The largest absolute Gasteiger partial charge is 0.364 e. The Kier molecular flexibility index (Phi) is 4.38. The molecule has 20 heavy (non-hydrogen) atoms. The molecule has 3 nitrogen and oxygen atoms in total. The third-order valence-corrected chi connectivity index (χ3v) is 4.40. The van der Waals surface area contributed by atoms with Gasteiger partial charge in [-0.05, 0) is 30.4 Å². The van der Waals surface area contributed by atoms with Crippen LogP contribution < -0.4 is 10.2 Å². The quantitative estimate of drug-likeness (QED) is 0.898. The smallest absolute Gasteiger partial charge is 0.0556 e. The van der Waals surface area contributed by atoms with Crippen molar-refractivity contribution < 1.29 is 0 Å². The predicted molar refractivity (Wildman–Crippen MR) is 86.2 cm³/mol. The van der Waals surface area contributed by atoms with Crippen LogP contribution in [0.5, 0.6) is 0 Å². The van der Waals surface area contributed by atoms with E-state index in [1.165, 1.54) is 5.69 Å². The van der Waals surface area contributed by atoms with Gasteiger partial charge in [0.05, 0.1) is 11.9 Å². The van der Waals surface area contributed by atoms with Gasteiger partial charge < -0.3 is 10.2 Å². The summed E-state index contributed by atoms with van der Waals surface area (Å²) in [6.45, 7) is 15.7. The Morgan fingerprint density at radius 3 is 2.50 bits per heavy atom. The number of nitrogens with one attached hydrogen (secondary N) is 1. The van der Waals surface area contributed by atoms with E-state index in [9.17, 15) is 0 Å². The standard InChI is InChI=1S/C17H29N3/c1-12(2)15-10-19-16(17(4,5)6)11-20(15)14-8-7-13(3)18-9-14/h7-9,12,15-16,19H,10-11H2,1-6H3. The molecule has 1 saturated heterocycles. The molecule has 1 aromatic rings. The molecule has 0 amide bonds. The normalized spacial score (nSPS) is 24.2.